The number of ether oxygens (including phenoxy) is 3. The third-order valence-corrected chi connectivity index (χ3v) is 3.51. The van der Waals surface area contributed by atoms with E-state index in [1.54, 1.807) is 0 Å². The Kier molecular flexibility index (Phi) is 8.82. The van der Waals surface area contributed by atoms with Gasteiger partial charge in [-0.1, -0.05) is 11.6 Å². The number of non-ortho nitro benzene ring substituents is 1. The van der Waals surface area contributed by atoms with Crippen molar-refractivity contribution in [1.82, 2.24) is 4.90 Å². The summed E-state index contributed by atoms with van der Waals surface area (Å²) in [5, 5.41) is 10.5. The Bertz CT molecular complexity index is 616. The first-order valence-corrected chi connectivity index (χ1v) is 7.65. The van der Waals surface area contributed by atoms with Gasteiger partial charge in [-0.05, 0) is 6.07 Å². The number of nitro groups is 1. The number of rotatable bonds is 10. The van der Waals surface area contributed by atoms with Crippen molar-refractivity contribution in [2.24, 2.45) is 0 Å². The van der Waals surface area contributed by atoms with Crippen molar-refractivity contribution in [2.45, 2.75) is 0 Å². The summed E-state index contributed by atoms with van der Waals surface area (Å²) in [6, 6.07) is 3.36. The second-order valence-electron chi connectivity index (χ2n) is 4.86. The molecule has 0 heterocycles. The lowest BCUT2D eigenvalue weighted by Crippen LogP contribution is -2.39. The quantitative estimate of drug-likeness (QED) is 0.347. The minimum Gasteiger partial charge on any atom is -0.452 e. The maximum atomic E-state index is 12.1. The van der Waals surface area contributed by atoms with Gasteiger partial charge in [0.25, 0.3) is 11.6 Å². The second kappa shape index (κ2) is 10.6. The number of halogens is 1. The first-order valence-electron chi connectivity index (χ1n) is 7.27. The van der Waals surface area contributed by atoms with Crippen LogP contribution in [0, 0.1) is 10.1 Å². The number of carbonyl (C=O) groups excluding carboxylic acids is 2. The van der Waals surface area contributed by atoms with Crippen LogP contribution in [0.15, 0.2) is 18.2 Å². The molecule has 10 heteroatoms. The summed E-state index contributed by atoms with van der Waals surface area (Å²) in [7, 11) is 3.02. The molecule has 1 rings (SSSR count). The van der Waals surface area contributed by atoms with Crippen LogP contribution in [0.3, 0.4) is 0 Å². The van der Waals surface area contributed by atoms with Crippen LogP contribution in [0.1, 0.15) is 10.4 Å². The summed E-state index contributed by atoms with van der Waals surface area (Å²) in [5.41, 5.74) is -0.302. The fourth-order valence-corrected chi connectivity index (χ4v) is 2.10. The molecule has 0 bridgehead atoms. The Morgan fingerprint density at radius 1 is 1.20 bits per heavy atom. The average Bonchev–Trinajstić information content (AvgIpc) is 2.59. The number of amides is 1. The van der Waals surface area contributed by atoms with Gasteiger partial charge in [0.2, 0.25) is 0 Å². The Labute approximate surface area is 149 Å². The number of nitrogens with zero attached hydrogens (tertiary/aromatic N) is 2. The molecule has 0 fully saturated rings. The van der Waals surface area contributed by atoms with Gasteiger partial charge >= 0.3 is 5.97 Å². The van der Waals surface area contributed by atoms with Gasteiger partial charge < -0.3 is 19.1 Å². The van der Waals surface area contributed by atoms with E-state index in [1.807, 2.05) is 0 Å². The topological polar surface area (TPSA) is 108 Å². The highest BCUT2D eigenvalue weighted by molar-refractivity contribution is 6.33. The molecule has 0 saturated carbocycles. The van der Waals surface area contributed by atoms with Gasteiger partial charge in [-0.15, -0.1) is 0 Å². The van der Waals surface area contributed by atoms with Gasteiger partial charge in [-0.2, -0.15) is 0 Å². The molecule has 0 aliphatic carbocycles. The van der Waals surface area contributed by atoms with Gasteiger partial charge in [-0.3, -0.25) is 14.9 Å². The van der Waals surface area contributed by atoms with Crippen LogP contribution in [-0.2, 0) is 19.0 Å². The molecular formula is C15H19ClN2O7. The lowest BCUT2D eigenvalue weighted by Gasteiger charge is -2.21. The molecule has 0 unspecified atom stereocenters. The Morgan fingerprint density at radius 2 is 1.80 bits per heavy atom. The van der Waals surface area contributed by atoms with Gasteiger partial charge in [0.1, 0.15) is 0 Å². The molecule has 0 aliphatic heterocycles. The Hall–Kier alpha value is -2.23. The van der Waals surface area contributed by atoms with Crippen molar-refractivity contribution in [3.8, 4) is 0 Å². The monoisotopic (exact) mass is 374 g/mol. The van der Waals surface area contributed by atoms with Gasteiger partial charge in [0.15, 0.2) is 6.61 Å². The maximum Gasteiger partial charge on any atom is 0.340 e. The third-order valence-electron chi connectivity index (χ3n) is 3.19. The van der Waals surface area contributed by atoms with E-state index in [-0.39, 0.29) is 16.3 Å². The molecular weight excluding hydrogens is 356 g/mol. The van der Waals surface area contributed by atoms with Crippen LogP contribution in [0.4, 0.5) is 5.69 Å². The molecule has 9 nitrogen and oxygen atoms in total. The van der Waals surface area contributed by atoms with Crippen LogP contribution in [0.5, 0.6) is 0 Å². The normalized spacial score (nSPS) is 10.4. The van der Waals surface area contributed by atoms with Gasteiger partial charge in [0, 0.05) is 39.4 Å². The van der Waals surface area contributed by atoms with Crippen molar-refractivity contribution in [3.05, 3.63) is 38.9 Å². The van der Waals surface area contributed by atoms with E-state index < -0.39 is 23.4 Å². The largest absolute Gasteiger partial charge is 0.452 e. The standard InChI is InChI=1S/C15H19ClN2O7/c1-23-7-5-17(6-8-24-2)14(19)10-25-15(20)12-4-3-11(18(21)22)9-13(12)16/h3-4,9H,5-8,10H2,1-2H3. The molecule has 138 valence electrons. The van der Waals surface area contributed by atoms with Crippen molar-refractivity contribution < 1.29 is 28.7 Å². The molecule has 0 radical (unpaired) electrons. The fraction of sp³-hybridized carbons (Fsp3) is 0.467. The summed E-state index contributed by atoms with van der Waals surface area (Å²) in [5.74, 6) is -1.26. The SMILES string of the molecule is COCCN(CCOC)C(=O)COC(=O)c1ccc([N+](=O)[O-])cc1Cl. The highest BCUT2D eigenvalue weighted by Crippen LogP contribution is 2.23. The smallest absolute Gasteiger partial charge is 0.340 e. The van der Waals surface area contributed by atoms with Crippen LogP contribution in [0.25, 0.3) is 0 Å². The first-order chi connectivity index (χ1) is 11.9. The number of hydrogen-bond donors (Lipinski definition) is 0. The predicted octanol–water partition coefficient (Wildman–Crippen LogP) is 1.53. The highest BCUT2D eigenvalue weighted by Gasteiger charge is 2.19. The number of nitro benzene ring substituents is 1. The molecule has 0 aromatic heterocycles. The Morgan fingerprint density at radius 3 is 2.28 bits per heavy atom. The zero-order chi connectivity index (χ0) is 18.8. The van der Waals surface area contributed by atoms with Gasteiger partial charge in [-0.25, -0.2) is 4.79 Å². The summed E-state index contributed by atoms with van der Waals surface area (Å²) in [6.45, 7) is 0.831. The Balaban J connectivity index is 2.67. The number of benzene rings is 1. The van der Waals surface area contributed by atoms with E-state index in [0.717, 1.165) is 12.1 Å². The molecule has 0 spiro atoms. The third kappa shape index (κ3) is 6.65. The summed E-state index contributed by atoms with van der Waals surface area (Å²) < 4.78 is 14.8. The molecule has 0 saturated heterocycles. The zero-order valence-electron chi connectivity index (χ0n) is 13.9. The molecule has 1 aromatic carbocycles. The second-order valence-corrected chi connectivity index (χ2v) is 5.27. The van der Waals surface area contributed by atoms with E-state index in [9.17, 15) is 19.7 Å². The minimum absolute atomic E-state index is 0.0552. The summed E-state index contributed by atoms with van der Waals surface area (Å²) in [4.78, 5) is 35.6. The van der Waals surface area contributed by atoms with Crippen LogP contribution < -0.4 is 0 Å². The summed E-state index contributed by atoms with van der Waals surface area (Å²) in [6.07, 6.45) is 0. The van der Waals surface area contributed by atoms with E-state index >= 15 is 0 Å². The molecule has 25 heavy (non-hydrogen) atoms. The minimum atomic E-state index is -0.841. The van der Waals surface area contributed by atoms with Crippen LogP contribution >= 0.6 is 11.6 Å². The van der Waals surface area contributed by atoms with Crippen molar-refractivity contribution in [2.75, 3.05) is 47.1 Å². The van der Waals surface area contributed by atoms with Crippen LogP contribution in [-0.4, -0.2) is 68.8 Å². The molecule has 1 aromatic rings. The van der Waals surface area contributed by atoms with E-state index in [4.69, 9.17) is 25.8 Å². The average molecular weight is 375 g/mol. The predicted molar refractivity (Wildman–Crippen MR) is 88.7 cm³/mol. The maximum absolute atomic E-state index is 12.1. The number of carbonyl (C=O) groups is 2. The summed E-state index contributed by atoms with van der Waals surface area (Å²) >= 11 is 5.85. The fourth-order valence-electron chi connectivity index (χ4n) is 1.84. The number of esters is 1. The van der Waals surface area contributed by atoms with E-state index in [1.165, 1.54) is 25.2 Å². The zero-order valence-corrected chi connectivity index (χ0v) is 14.7. The lowest BCUT2D eigenvalue weighted by atomic mass is 10.2. The highest BCUT2D eigenvalue weighted by atomic mass is 35.5. The molecule has 0 N–H and O–H groups in total. The van der Waals surface area contributed by atoms with Crippen molar-refractivity contribution >= 4 is 29.2 Å². The number of methoxy groups -OCH3 is 2. The molecule has 0 atom stereocenters. The van der Waals surface area contributed by atoms with Crippen LogP contribution in [0.2, 0.25) is 5.02 Å². The van der Waals surface area contributed by atoms with Crippen molar-refractivity contribution in [3.63, 3.8) is 0 Å². The van der Waals surface area contributed by atoms with E-state index in [0.29, 0.717) is 26.3 Å². The van der Waals surface area contributed by atoms with E-state index in [2.05, 4.69) is 0 Å². The van der Waals surface area contributed by atoms with Gasteiger partial charge in [0.05, 0.1) is 28.7 Å². The lowest BCUT2D eigenvalue weighted by molar-refractivity contribution is -0.384. The van der Waals surface area contributed by atoms with Crippen molar-refractivity contribution in [1.29, 1.82) is 0 Å². The molecule has 1 amide bonds. The first kappa shape index (κ1) is 20.8. The number of hydrogen-bond acceptors (Lipinski definition) is 7. The molecule has 0 aliphatic rings.